The molecule has 0 spiro atoms. The summed E-state index contributed by atoms with van der Waals surface area (Å²) in [7, 11) is 0. The van der Waals surface area contributed by atoms with Crippen LogP contribution >= 0.6 is 0 Å². The van der Waals surface area contributed by atoms with Gasteiger partial charge in [0.25, 0.3) is 6.71 Å². The van der Waals surface area contributed by atoms with Crippen molar-refractivity contribution in [2.75, 3.05) is 0 Å². The monoisotopic (exact) mass is 436 g/mol. The fourth-order valence-electron chi connectivity index (χ4n) is 5.37. The van der Waals surface area contributed by atoms with Gasteiger partial charge in [0.15, 0.2) is 0 Å². The van der Waals surface area contributed by atoms with E-state index in [1.165, 1.54) is 27.6 Å². The van der Waals surface area contributed by atoms with Crippen LogP contribution in [0.15, 0.2) is 109 Å². The third-order valence-corrected chi connectivity index (χ3v) is 6.96. The minimum absolute atomic E-state index is 0.0475. The molecule has 0 radical (unpaired) electrons. The minimum atomic E-state index is 0.0475. The lowest BCUT2D eigenvalue weighted by Crippen LogP contribution is -2.57. The van der Waals surface area contributed by atoms with Crippen LogP contribution in [0.4, 0.5) is 0 Å². The minimum Gasteiger partial charge on any atom is -0.458 e. The molecule has 0 aromatic heterocycles. The van der Waals surface area contributed by atoms with Gasteiger partial charge in [-0.3, -0.25) is 0 Å². The second-order valence-corrected chi connectivity index (χ2v) is 8.96. The van der Waals surface area contributed by atoms with Gasteiger partial charge in [0.2, 0.25) is 0 Å². The summed E-state index contributed by atoms with van der Waals surface area (Å²) in [6.45, 7) is 2.21. The van der Waals surface area contributed by atoms with E-state index in [-0.39, 0.29) is 6.71 Å². The fraction of sp³-hybridized carbons (Fsp3) is 0.0323. The SMILES string of the molecule is Cc1ccccc1-c1ccc2c(c1)B1c3cccc(-c4ccccc4)c3Oc3cccc(c31)O2. The summed E-state index contributed by atoms with van der Waals surface area (Å²) in [4.78, 5) is 0. The summed E-state index contributed by atoms with van der Waals surface area (Å²) < 4.78 is 13.0. The smallest absolute Gasteiger partial charge is 0.260 e. The van der Waals surface area contributed by atoms with E-state index < -0.39 is 0 Å². The van der Waals surface area contributed by atoms with Crippen LogP contribution in [0.5, 0.6) is 23.0 Å². The molecule has 34 heavy (non-hydrogen) atoms. The summed E-state index contributed by atoms with van der Waals surface area (Å²) in [5, 5.41) is 0. The predicted octanol–water partition coefficient (Wildman–Crippen LogP) is 6.06. The van der Waals surface area contributed by atoms with Crippen molar-refractivity contribution in [3.63, 3.8) is 0 Å². The highest BCUT2D eigenvalue weighted by Gasteiger charge is 2.40. The van der Waals surface area contributed by atoms with Crippen LogP contribution in [-0.2, 0) is 0 Å². The highest BCUT2D eigenvalue weighted by molar-refractivity contribution is 6.98. The third-order valence-electron chi connectivity index (χ3n) is 6.96. The number of benzene rings is 5. The molecule has 7 rings (SSSR count). The zero-order valence-electron chi connectivity index (χ0n) is 18.8. The molecular weight excluding hydrogens is 415 g/mol. The van der Waals surface area contributed by atoms with Gasteiger partial charge in [-0.2, -0.15) is 0 Å². The van der Waals surface area contributed by atoms with Gasteiger partial charge in [-0.25, -0.2) is 0 Å². The van der Waals surface area contributed by atoms with Crippen molar-refractivity contribution in [2.24, 2.45) is 0 Å². The van der Waals surface area contributed by atoms with E-state index in [4.69, 9.17) is 9.47 Å². The predicted molar refractivity (Wildman–Crippen MR) is 140 cm³/mol. The molecule has 3 heteroatoms. The number of hydrogen-bond acceptors (Lipinski definition) is 2. The normalized spacial score (nSPS) is 12.7. The molecule has 2 nitrogen and oxygen atoms in total. The Morgan fingerprint density at radius 3 is 2.12 bits per heavy atom. The maximum atomic E-state index is 6.58. The Kier molecular flexibility index (Phi) is 4.19. The third kappa shape index (κ3) is 2.83. The van der Waals surface area contributed by atoms with Gasteiger partial charge in [-0.15, -0.1) is 0 Å². The number of ether oxygens (including phenoxy) is 2. The van der Waals surface area contributed by atoms with E-state index in [0.717, 1.165) is 39.6 Å². The lowest BCUT2D eigenvalue weighted by Gasteiger charge is -2.34. The lowest BCUT2D eigenvalue weighted by molar-refractivity contribution is 0.465. The van der Waals surface area contributed by atoms with Gasteiger partial charge >= 0.3 is 0 Å². The van der Waals surface area contributed by atoms with Crippen molar-refractivity contribution in [1.82, 2.24) is 0 Å². The summed E-state index contributed by atoms with van der Waals surface area (Å²) in [6, 6.07) is 38.2. The maximum absolute atomic E-state index is 6.58. The van der Waals surface area contributed by atoms with Crippen LogP contribution in [0.3, 0.4) is 0 Å². The number of rotatable bonds is 2. The molecule has 2 aliphatic heterocycles. The van der Waals surface area contributed by atoms with Crippen molar-refractivity contribution < 1.29 is 9.47 Å². The van der Waals surface area contributed by atoms with Crippen LogP contribution in [0, 0.1) is 6.92 Å². The molecule has 0 N–H and O–H groups in total. The van der Waals surface area contributed by atoms with E-state index >= 15 is 0 Å². The maximum Gasteiger partial charge on any atom is 0.260 e. The number of fused-ring (bicyclic) bond motifs is 4. The van der Waals surface area contributed by atoms with Gasteiger partial charge in [-0.1, -0.05) is 91.0 Å². The van der Waals surface area contributed by atoms with Crippen LogP contribution in [0.1, 0.15) is 5.56 Å². The molecular formula is C31H21BO2. The molecule has 0 bridgehead atoms. The quantitative estimate of drug-likeness (QED) is 0.307. The molecule has 0 aliphatic carbocycles. The molecule has 5 aromatic carbocycles. The van der Waals surface area contributed by atoms with E-state index in [2.05, 4.69) is 97.9 Å². The molecule has 0 unspecified atom stereocenters. The van der Waals surface area contributed by atoms with E-state index in [9.17, 15) is 0 Å². The summed E-state index contributed by atoms with van der Waals surface area (Å²) >= 11 is 0. The average Bonchev–Trinajstić information content (AvgIpc) is 2.89. The highest BCUT2D eigenvalue weighted by atomic mass is 16.5. The first kappa shape index (κ1) is 19.3. The van der Waals surface area contributed by atoms with Crippen molar-refractivity contribution in [3.05, 3.63) is 115 Å². The first-order valence-electron chi connectivity index (χ1n) is 11.6. The standard InChI is InChI=1S/C31H21BO2/c1-20-9-5-6-12-23(20)22-17-18-27-26(19-22)32-25-14-7-13-24(21-10-3-2-4-11-21)31(25)34-29-16-8-15-28(33-27)30(29)32/h2-19H,1H3. The first-order valence-corrected chi connectivity index (χ1v) is 11.6. The molecule has 0 saturated carbocycles. The van der Waals surface area contributed by atoms with E-state index in [1.807, 2.05) is 18.2 Å². The molecule has 0 amide bonds. The second-order valence-electron chi connectivity index (χ2n) is 8.96. The number of para-hydroxylation sites is 1. The largest absolute Gasteiger partial charge is 0.458 e. The lowest BCUT2D eigenvalue weighted by atomic mass is 9.34. The van der Waals surface area contributed by atoms with Crippen LogP contribution in [0.2, 0.25) is 0 Å². The first-order chi connectivity index (χ1) is 16.8. The van der Waals surface area contributed by atoms with Gasteiger partial charge in [-0.05, 0) is 58.3 Å². The summed E-state index contributed by atoms with van der Waals surface area (Å²) in [6.07, 6.45) is 0. The fourth-order valence-corrected chi connectivity index (χ4v) is 5.37. The molecule has 0 saturated heterocycles. The van der Waals surface area contributed by atoms with E-state index in [1.54, 1.807) is 0 Å². The topological polar surface area (TPSA) is 18.5 Å². The van der Waals surface area contributed by atoms with Crippen LogP contribution in [0.25, 0.3) is 22.3 Å². The van der Waals surface area contributed by atoms with Gasteiger partial charge < -0.3 is 9.47 Å². The Morgan fingerprint density at radius 2 is 1.26 bits per heavy atom. The summed E-state index contributed by atoms with van der Waals surface area (Å²) in [5.41, 5.74) is 9.43. The van der Waals surface area contributed by atoms with Gasteiger partial charge in [0.1, 0.15) is 23.0 Å². The molecule has 0 atom stereocenters. The highest BCUT2D eigenvalue weighted by Crippen LogP contribution is 2.39. The number of hydrogen-bond donors (Lipinski definition) is 0. The van der Waals surface area contributed by atoms with Gasteiger partial charge in [0.05, 0.1) is 0 Å². The van der Waals surface area contributed by atoms with Crippen molar-refractivity contribution in [1.29, 1.82) is 0 Å². The van der Waals surface area contributed by atoms with Crippen LogP contribution in [-0.4, -0.2) is 6.71 Å². The average molecular weight is 436 g/mol. The zero-order chi connectivity index (χ0) is 22.6. The molecule has 2 aliphatic rings. The van der Waals surface area contributed by atoms with E-state index in [0.29, 0.717) is 0 Å². The van der Waals surface area contributed by atoms with Crippen molar-refractivity contribution in [3.8, 4) is 45.3 Å². The Labute approximate surface area is 199 Å². The Morgan fingerprint density at radius 1 is 0.529 bits per heavy atom. The number of aryl methyl sites for hydroxylation is 1. The zero-order valence-corrected chi connectivity index (χ0v) is 18.8. The Bertz CT molecular complexity index is 1570. The van der Waals surface area contributed by atoms with Crippen molar-refractivity contribution in [2.45, 2.75) is 6.92 Å². The molecule has 160 valence electrons. The summed E-state index contributed by atoms with van der Waals surface area (Å²) in [5.74, 6) is 3.57. The van der Waals surface area contributed by atoms with Gasteiger partial charge in [0, 0.05) is 11.0 Å². The molecule has 0 fully saturated rings. The Balaban J connectivity index is 1.48. The van der Waals surface area contributed by atoms with Crippen LogP contribution < -0.4 is 25.9 Å². The Hall–Kier alpha value is -4.24. The molecule has 2 heterocycles. The van der Waals surface area contributed by atoms with Crippen molar-refractivity contribution >= 4 is 23.1 Å². The molecule has 5 aromatic rings. The second kappa shape index (κ2) is 7.39.